The van der Waals surface area contributed by atoms with Gasteiger partial charge in [-0.05, 0) is 73.0 Å². The maximum Gasteiger partial charge on any atom is 0.273 e. The molecule has 0 atom stereocenters. The zero-order valence-corrected chi connectivity index (χ0v) is 21.7. The fourth-order valence-electron chi connectivity index (χ4n) is 3.76. The largest absolute Gasteiger partial charge is 0.493 e. The monoisotopic (exact) mass is 511 g/mol. The molecular formula is C29H25N3O4S. The van der Waals surface area contributed by atoms with Gasteiger partial charge < -0.3 is 14.8 Å². The number of rotatable bonds is 6. The van der Waals surface area contributed by atoms with Gasteiger partial charge in [0.2, 0.25) is 0 Å². The van der Waals surface area contributed by atoms with Crippen molar-refractivity contribution >= 4 is 34.6 Å². The molecule has 0 aliphatic rings. The number of aromatic nitrogens is 1. The average Bonchev–Trinajstić information content (AvgIpc) is 3.22. The molecule has 0 saturated heterocycles. The molecule has 0 saturated carbocycles. The zero-order valence-electron chi connectivity index (χ0n) is 20.9. The summed E-state index contributed by atoms with van der Waals surface area (Å²) in [6, 6.07) is 21.8. The molecule has 0 fully saturated rings. The van der Waals surface area contributed by atoms with Crippen LogP contribution in [0.25, 0.3) is 17.3 Å². The number of ether oxygens (including phenoxy) is 2. The number of carbonyl (C=O) groups is 1. The van der Waals surface area contributed by atoms with Gasteiger partial charge in [-0.1, -0.05) is 30.3 Å². The van der Waals surface area contributed by atoms with Crippen LogP contribution in [0.3, 0.4) is 0 Å². The Morgan fingerprint density at radius 2 is 1.70 bits per heavy atom. The van der Waals surface area contributed by atoms with Gasteiger partial charge in [-0.25, -0.2) is 0 Å². The Kier molecular flexibility index (Phi) is 7.56. The SMILES string of the molecule is COc1ccc(/C=c2/s/c(=C(\C#N)C(=O)Nc3ccc(C)c(C)c3)n(-c3ccccc3)c2=O)cc1OC. The van der Waals surface area contributed by atoms with Crippen LogP contribution in [0, 0.1) is 25.2 Å². The first kappa shape index (κ1) is 25.5. The molecule has 37 heavy (non-hydrogen) atoms. The van der Waals surface area contributed by atoms with E-state index in [0.29, 0.717) is 33.0 Å². The highest BCUT2D eigenvalue weighted by molar-refractivity contribution is 7.07. The highest BCUT2D eigenvalue weighted by Gasteiger charge is 2.17. The average molecular weight is 512 g/mol. The molecule has 0 radical (unpaired) electrons. The summed E-state index contributed by atoms with van der Waals surface area (Å²) in [6.07, 6.45) is 1.70. The van der Waals surface area contributed by atoms with Gasteiger partial charge in [-0.15, -0.1) is 11.3 Å². The van der Waals surface area contributed by atoms with Crippen molar-refractivity contribution in [1.82, 2.24) is 4.57 Å². The Bertz CT molecular complexity index is 1700. The second kappa shape index (κ2) is 11.0. The molecule has 0 bridgehead atoms. The fraction of sp³-hybridized carbons (Fsp3) is 0.138. The van der Waals surface area contributed by atoms with Gasteiger partial charge in [-0.2, -0.15) is 5.26 Å². The third-order valence-corrected chi connectivity index (χ3v) is 6.95. The van der Waals surface area contributed by atoms with E-state index in [2.05, 4.69) is 5.32 Å². The van der Waals surface area contributed by atoms with Crippen molar-refractivity contribution in [2.45, 2.75) is 13.8 Å². The Hall–Kier alpha value is -4.61. The van der Waals surface area contributed by atoms with E-state index in [-0.39, 0.29) is 15.8 Å². The lowest BCUT2D eigenvalue weighted by molar-refractivity contribution is -0.111. The molecule has 0 unspecified atom stereocenters. The second-order valence-electron chi connectivity index (χ2n) is 8.25. The topological polar surface area (TPSA) is 93.4 Å². The lowest BCUT2D eigenvalue weighted by Gasteiger charge is -2.07. The van der Waals surface area contributed by atoms with Crippen LogP contribution in [0.2, 0.25) is 0 Å². The lowest BCUT2D eigenvalue weighted by Crippen LogP contribution is -2.32. The molecule has 1 N–H and O–H groups in total. The number of aryl methyl sites for hydroxylation is 2. The number of nitrogens with zero attached hydrogens (tertiary/aromatic N) is 2. The van der Waals surface area contributed by atoms with E-state index in [4.69, 9.17) is 9.47 Å². The van der Waals surface area contributed by atoms with E-state index in [0.717, 1.165) is 22.5 Å². The van der Waals surface area contributed by atoms with Gasteiger partial charge in [0.1, 0.15) is 10.7 Å². The van der Waals surface area contributed by atoms with Crippen molar-refractivity contribution in [3.8, 4) is 23.3 Å². The van der Waals surface area contributed by atoms with Crippen LogP contribution in [0.15, 0.2) is 71.5 Å². The minimum Gasteiger partial charge on any atom is -0.493 e. The van der Waals surface area contributed by atoms with E-state index >= 15 is 0 Å². The summed E-state index contributed by atoms with van der Waals surface area (Å²) >= 11 is 1.08. The summed E-state index contributed by atoms with van der Waals surface area (Å²) in [7, 11) is 3.09. The van der Waals surface area contributed by atoms with E-state index in [9.17, 15) is 14.9 Å². The van der Waals surface area contributed by atoms with Crippen molar-refractivity contribution in [3.05, 3.63) is 103 Å². The fourth-order valence-corrected chi connectivity index (χ4v) is 4.87. The van der Waals surface area contributed by atoms with Gasteiger partial charge in [0.15, 0.2) is 17.1 Å². The molecule has 8 heteroatoms. The highest BCUT2D eigenvalue weighted by atomic mass is 32.1. The van der Waals surface area contributed by atoms with Gasteiger partial charge in [0, 0.05) is 5.69 Å². The minimum atomic E-state index is -0.589. The smallest absolute Gasteiger partial charge is 0.273 e. The molecule has 7 nitrogen and oxygen atoms in total. The number of carbonyl (C=O) groups excluding carboxylic acids is 1. The van der Waals surface area contributed by atoms with Crippen LogP contribution in [0.4, 0.5) is 5.69 Å². The first-order valence-electron chi connectivity index (χ1n) is 11.4. The highest BCUT2D eigenvalue weighted by Crippen LogP contribution is 2.27. The molecule has 3 aromatic carbocycles. The normalized spacial score (nSPS) is 12.0. The third kappa shape index (κ3) is 5.32. The minimum absolute atomic E-state index is 0.156. The first-order valence-corrected chi connectivity index (χ1v) is 12.2. The summed E-state index contributed by atoms with van der Waals surface area (Å²) in [5.41, 5.74) is 3.44. The molecule has 1 heterocycles. The van der Waals surface area contributed by atoms with Crippen molar-refractivity contribution in [2.75, 3.05) is 19.5 Å². The van der Waals surface area contributed by atoms with Crippen molar-refractivity contribution in [1.29, 1.82) is 5.26 Å². The number of para-hydroxylation sites is 1. The number of amides is 1. The molecule has 1 amide bonds. The lowest BCUT2D eigenvalue weighted by atomic mass is 10.1. The van der Waals surface area contributed by atoms with Crippen molar-refractivity contribution < 1.29 is 14.3 Å². The van der Waals surface area contributed by atoms with E-state index < -0.39 is 5.91 Å². The molecule has 0 spiro atoms. The van der Waals surface area contributed by atoms with E-state index in [1.54, 1.807) is 61.7 Å². The molecular weight excluding hydrogens is 486 g/mol. The van der Waals surface area contributed by atoms with Gasteiger partial charge >= 0.3 is 0 Å². The van der Waals surface area contributed by atoms with Crippen molar-refractivity contribution in [2.24, 2.45) is 0 Å². The van der Waals surface area contributed by atoms with Crippen LogP contribution in [0.5, 0.6) is 11.5 Å². The second-order valence-corrected chi connectivity index (χ2v) is 9.28. The predicted molar refractivity (Wildman–Crippen MR) is 146 cm³/mol. The summed E-state index contributed by atoms with van der Waals surface area (Å²) in [4.78, 5) is 26.8. The number of anilines is 1. The Morgan fingerprint density at radius 3 is 2.35 bits per heavy atom. The predicted octanol–water partition coefficient (Wildman–Crippen LogP) is 3.67. The Morgan fingerprint density at radius 1 is 0.973 bits per heavy atom. The summed E-state index contributed by atoms with van der Waals surface area (Å²) in [6.45, 7) is 3.93. The summed E-state index contributed by atoms with van der Waals surface area (Å²) in [5.74, 6) is 0.499. The standard InChI is InChI=1S/C29H25N3O4S/c1-18-10-12-21(14-19(18)2)31-27(33)23(17-30)29-32(22-8-6-5-7-9-22)28(34)26(37-29)16-20-11-13-24(35-3)25(15-20)36-4/h5-16H,1-4H3,(H,31,33)/b26-16+,29-23+. The maximum atomic E-state index is 13.6. The van der Waals surface area contributed by atoms with Crippen LogP contribution in [0.1, 0.15) is 16.7 Å². The van der Waals surface area contributed by atoms with Gasteiger partial charge in [0.05, 0.1) is 24.4 Å². The zero-order chi connectivity index (χ0) is 26.5. The summed E-state index contributed by atoms with van der Waals surface area (Å²) in [5, 5.41) is 12.8. The molecule has 0 aliphatic heterocycles. The molecule has 4 aromatic rings. The Balaban J connectivity index is 1.93. The van der Waals surface area contributed by atoms with Gasteiger partial charge in [-0.3, -0.25) is 14.2 Å². The number of benzene rings is 3. The van der Waals surface area contributed by atoms with Crippen LogP contribution in [-0.4, -0.2) is 24.7 Å². The number of nitrogens with one attached hydrogen (secondary N) is 1. The number of hydrogen-bond acceptors (Lipinski definition) is 6. The number of methoxy groups -OCH3 is 2. The molecule has 1 aromatic heterocycles. The quantitative estimate of drug-likeness (QED) is 0.426. The number of thiazole rings is 1. The van der Waals surface area contributed by atoms with Crippen molar-refractivity contribution in [3.63, 3.8) is 0 Å². The summed E-state index contributed by atoms with van der Waals surface area (Å²) < 4.78 is 12.7. The first-order chi connectivity index (χ1) is 17.9. The molecule has 0 aliphatic carbocycles. The molecule has 4 rings (SSSR count). The third-order valence-electron chi connectivity index (χ3n) is 5.86. The van der Waals surface area contributed by atoms with Crippen LogP contribution in [-0.2, 0) is 4.79 Å². The Labute approximate surface area is 218 Å². The van der Waals surface area contributed by atoms with Gasteiger partial charge in [0.25, 0.3) is 11.5 Å². The maximum absolute atomic E-state index is 13.6. The number of hydrogen-bond donors (Lipinski definition) is 1. The molecule has 186 valence electrons. The van der Waals surface area contributed by atoms with E-state index in [1.807, 2.05) is 38.1 Å². The number of nitriles is 1. The van der Waals surface area contributed by atoms with Crippen LogP contribution >= 0.6 is 11.3 Å². The van der Waals surface area contributed by atoms with E-state index in [1.165, 1.54) is 11.7 Å². The van der Waals surface area contributed by atoms with Crippen LogP contribution < -0.4 is 29.5 Å².